The molecule has 0 radical (unpaired) electrons. The van der Waals surface area contributed by atoms with Crippen molar-refractivity contribution < 1.29 is 14.3 Å². The number of nitrogens with zero attached hydrogens (tertiary/aromatic N) is 3. The largest absolute Gasteiger partial charge is 0.454 e. The first kappa shape index (κ1) is 17.8. The molecule has 1 fully saturated rings. The number of carbonyl (C=O) groups excluding carboxylic acids is 1. The normalized spacial score (nSPS) is 16.1. The number of hydrogen-bond donors (Lipinski definition) is 1. The zero-order chi connectivity index (χ0) is 19.6. The Morgan fingerprint density at radius 2 is 1.90 bits per heavy atom. The second-order valence-corrected chi connectivity index (χ2v) is 7.31. The van der Waals surface area contributed by atoms with Crippen molar-refractivity contribution in [3.05, 3.63) is 65.9 Å². The van der Waals surface area contributed by atoms with Crippen LogP contribution in [0.25, 0.3) is 11.3 Å². The Morgan fingerprint density at radius 3 is 2.76 bits per heavy atom. The second kappa shape index (κ2) is 7.60. The first-order valence-electron chi connectivity index (χ1n) is 9.74. The van der Waals surface area contributed by atoms with Crippen molar-refractivity contribution >= 4 is 5.91 Å². The minimum atomic E-state index is 0.0672. The number of ether oxygens (including phenoxy) is 2. The zero-order valence-electron chi connectivity index (χ0n) is 16.0. The number of fused-ring (bicyclic) bond motifs is 1. The predicted molar refractivity (Wildman–Crippen MR) is 108 cm³/mol. The minimum Gasteiger partial charge on any atom is -0.454 e. The van der Waals surface area contributed by atoms with Gasteiger partial charge in [-0.05, 0) is 23.8 Å². The minimum absolute atomic E-state index is 0.0672. The summed E-state index contributed by atoms with van der Waals surface area (Å²) in [7, 11) is 0. The highest BCUT2D eigenvalue weighted by molar-refractivity contribution is 5.78. The van der Waals surface area contributed by atoms with E-state index in [1.165, 1.54) is 5.56 Å². The van der Waals surface area contributed by atoms with Gasteiger partial charge in [-0.25, -0.2) is 0 Å². The highest BCUT2D eigenvalue weighted by Crippen LogP contribution is 2.36. The van der Waals surface area contributed by atoms with Gasteiger partial charge in [0.05, 0.1) is 18.8 Å². The van der Waals surface area contributed by atoms with Gasteiger partial charge in [0.25, 0.3) is 0 Å². The SMILES string of the molecule is O=C1CN(Cc2cn(Cc3ccccc3)nc2-c2ccc3c(c2)OCO3)CCN1. The van der Waals surface area contributed by atoms with E-state index in [1.807, 2.05) is 41.1 Å². The summed E-state index contributed by atoms with van der Waals surface area (Å²) in [5.41, 5.74) is 4.17. The summed E-state index contributed by atoms with van der Waals surface area (Å²) in [5, 5.41) is 7.76. The first-order chi connectivity index (χ1) is 14.2. The Labute approximate surface area is 168 Å². The third-order valence-electron chi connectivity index (χ3n) is 5.18. The number of piperazine rings is 1. The number of rotatable bonds is 5. The summed E-state index contributed by atoms with van der Waals surface area (Å²) in [6.07, 6.45) is 2.08. The molecule has 1 N–H and O–H groups in total. The van der Waals surface area contributed by atoms with Gasteiger partial charge >= 0.3 is 0 Å². The molecule has 0 unspecified atom stereocenters. The number of benzene rings is 2. The van der Waals surface area contributed by atoms with Crippen LogP contribution in [0.15, 0.2) is 54.7 Å². The number of nitrogens with one attached hydrogen (secondary N) is 1. The summed E-state index contributed by atoms with van der Waals surface area (Å²) < 4.78 is 13.0. The molecule has 0 bridgehead atoms. The van der Waals surface area contributed by atoms with Crippen molar-refractivity contribution in [2.75, 3.05) is 26.4 Å². The number of amides is 1. The topological polar surface area (TPSA) is 68.6 Å². The lowest BCUT2D eigenvalue weighted by Crippen LogP contribution is -2.47. The summed E-state index contributed by atoms with van der Waals surface area (Å²) in [5.74, 6) is 1.56. The summed E-state index contributed by atoms with van der Waals surface area (Å²) in [6, 6.07) is 16.2. The van der Waals surface area contributed by atoms with E-state index in [-0.39, 0.29) is 12.7 Å². The van der Waals surface area contributed by atoms with Gasteiger partial charge in [-0.15, -0.1) is 0 Å². The van der Waals surface area contributed by atoms with E-state index >= 15 is 0 Å². The third kappa shape index (κ3) is 3.82. The van der Waals surface area contributed by atoms with Gasteiger partial charge in [-0.3, -0.25) is 14.4 Å². The van der Waals surface area contributed by atoms with Crippen LogP contribution in [0.4, 0.5) is 0 Å². The van der Waals surface area contributed by atoms with Crippen LogP contribution in [0.1, 0.15) is 11.1 Å². The number of hydrogen-bond acceptors (Lipinski definition) is 5. The molecule has 1 saturated heterocycles. The van der Waals surface area contributed by atoms with Crippen LogP contribution in [0.3, 0.4) is 0 Å². The highest BCUT2D eigenvalue weighted by Gasteiger charge is 2.21. The van der Waals surface area contributed by atoms with Gasteiger partial charge in [0.15, 0.2) is 11.5 Å². The summed E-state index contributed by atoms with van der Waals surface area (Å²) in [6.45, 7) is 3.53. The van der Waals surface area contributed by atoms with E-state index in [1.54, 1.807) is 0 Å². The Bertz CT molecular complexity index is 1030. The standard InChI is InChI=1S/C22H22N4O3/c27-21-14-25(9-8-23-21)12-18-13-26(11-16-4-2-1-3-5-16)24-22(18)17-6-7-19-20(10-17)29-15-28-19/h1-7,10,13H,8-9,11-12,14-15H2,(H,23,27). The molecule has 0 atom stereocenters. The van der Waals surface area contributed by atoms with Crippen LogP contribution in [0.2, 0.25) is 0 Å². The molecule has 7 nitrogen and oxygen atoms in total. The quantitative estimate of drug-likeness (QED) is 0.724. The van der Waals surface area contributed by atoms with Crippen LogP contribution >= 0.6 is 0 Å². The zero-order valence-corrected chi connectivity index (χ0v) is 16.0. The van der Waals surface area contributed by atoms with Crippen molar-refractivity contribution in [2.24, 2.45) is 0 Å². The predicted octanol–water partition coefficient (Wildman–Crippen LogP) is 2.26. The van der Waals surface area contributed by atoms with Gasteiger partial charge in [0, 0.05) is 37.0 Å². The molecule has 7 heteroatoms. The molecule has 2 aliphatic heterocycles. The molecular formula is C22H22N4O3. The van der Waals surface area contributed by atoms with Crippen molar-refractivity contribution in [3.63, 3.8) is 0 Å². The third-order valence-corrected chi connectivity index (χ3v) is 5.18. The Balaban J connectivity index is 1.48. The Hall–Kier alpha value is -3.32. The van der Waals surface area contributed by atoms with Crippen molar-refractivity contribution in [1.29, 1.82) is 0 Å². The first-order valence-corrected chi connectivity index (χ1v) is 9.74. The molecule has 2 aliphatic rings. The van der Waals surface area contributed by atoms with Crippen LogP contribution in [0.5, 0.6) is 11.5 Å². The van der Waals surface area contributed by atoms with E-state index in [9.17, 15) is 4.79 Å². The molecule has 3 aromatic rings. The van der Waals surface area contributed by atoms with E-state index in [4.69, 9.17) is 14.6 Å². The lowest BCUT2D eigenvalue weighted by molar-refractivity contribution is -0.124. The fourth-order valence-electron chi connectivity index (χ4n) is 3.78. The van der Waals surface area contributed by atoms with E-state index < -0.39 is 0 Å². The van der Waals surface area contributed by atoms with Crippen molar-refractivity contribution in [1.82, 2.24) is 20.0 Å². The van der Waals surface area contributed by atoms with Gasteiger partial charge in [0.2, 0.25) is 12.7 Å². The molecule has 2 aromatic carbocycles. The van der Waals surface area contributed by atoms with Crippen molar-refractivity contribution in [2.45, 2.75) is 13.1 Å². The van der Waals surface area contributed by atoms with Crippen LogP contribution < -0.4 is 14.8 Å². The molecule has 148 valence electrons. The average molecular weight is 390 g/mol. The molecule has 5 rings (SSSR count). The molecule has 3 heterocycles. The average Bonchev–Trinajstić information content (AvgIpc) is 3.35. The molecule has 29 heavy (non-hydrogen) atoms. The Kier molecular flexibility index (Phi) is 4.65. The molecule has 0 saturated carbocycles. The van der Waals surface area contributed by atoms with E-state index in [2.05, 4.69) is 28.5 Å². The summed E-state index contributed by atoms with van der Waals surface area (Å²) in [4.78, 5) is 13.9. The number of aromatic nitrogens is 2. The smallest absolute Gasteiger partial charge is 0.234 e. The van der Waals surface area contributed by atoms with Crippen LogP contribution in [-0.2, 0) is 17.9 Å². The highest BCUT2D eigenvalue weighted by atomic mass is 16.7. The van der Waals surface area contributed by atoms with Gasteiger partial charge in [0.1, 0.15) is 0 Å². The maximum atomic E-state index is 11.8. The lowest BCUT2D eigenvalue weighted by Gasteiger charge is -2.26. The fourth-order valence-corrected chi connectivity index (χ4v) is 3.78. The van der Waals surface area contributed by atoms with Crippen molar-refractivity contribution in [3.8, 4) is 22.8 Å². The Morgan fingerprint density at radius 1 is 1.03 bits per heavy atom. The fraction of sp³-hybridized carbons (Fsp3) is 0.273. The van der Waals surface area contributed by atoms with E-state index in [0.29, 0.717) is 26.2 Å². The molecule has 0 aliphatic carbocycles. The molecule has 1 amide bonds. The monoisotopic (exact) mass is 390 g/mol. The molecule has 1 aromatic heterocycles. The lowest BCUT2D eigenvalue weighted by atomic mass is 10.1. The van der Waals surface area contributed by atoms with Gasteiger partial charge in [-0.2, -0.15) is 5.10 Å². The van der Waals surface area contributed by atoms with Crippen LogP contribution in [0, 0.1) is 0 Å². The van der Waals surface area contributed by atoms with Crippen LogP contribution in [-0.4, -0.2) is 47.0 Å². The maximum absolute atomic E-state index is 11.8. The van der Waals surface area contributed by atoms with E-state index in [0.717, 1.165) is 34.9 Å². The van der Waals surface area contributed by atoms with Gasteiger partial charge in [-0.1, -0.05) is 30.3 Å². The second-order valence-electron chi connectivity index (χ2n) is 7.31. The van der Waals surface area contributed by atoms with Gasteiger partial charge < -0.3 is 14.8 Å². The molecular weight excluding hydrogens is 368 g/mol. The number of carbonyl (C=O) groups is 1. The molecule has 0 spiro atoms. The maximum Gasteiger partial charge on any atom is 0.234 e. The summed E-state index contributed by atoms with van der Waals surface area (Å²) >= 11 is 0.